The van der Waals surface area contributed by atoms with Crippen molar-refractivity contribution in [2.24, 2.45) is 16.3 Å². The van der Waals surface area contributed by atoms with Gasteiger partial charge < -0.3 is 16.3 Å². The number of nitrogens with two attached hydrogens (primary N) is 1. The zero-order valence-electron chi connectivity index (χ0n) is 11.2. The molecular weight excluding hydrogens is 246 g/mol. The Balaban J connectivity index is 1.69. The maximum atomic E-state index is 8.64. The van der Waals surface area contributed by atoms with Gasteiger partial charge >= 0.3 is 0 Å². The number of rotatable bonds is 6. The minimum absolute atomic E-state index is 0.284. The van der Waals surface area contributed by atoms with Crippen LogP contribution in [0.5, 0.6) is 0 Å². The normalized spacial score (nSPS) is 31.3. The average Bonchev–Trinajstić information content (AvgIpc) is 3.17. The average molecular weight is 271 g/mol. The highest BCUT2D eigenvalue weighted by atomic mass is 32.2. The Morgan fingerprint density at radius 2 is 2.06 bits per heavy atom. The van der Waals surface area contributed by atoms with Crippen molar-refractivity contribution >= 4 is 17.6 Å². The van der Waals surface area contributed by atoms with Crippen molar-refractivity contribution in [1.82, 2.24) is 5.32 Å². The molecular formula is C13H25N3OS. The molecule has 18 heavy (non-hydrogen) atoms. The summed E-state index contributed by atoms with van der Waals surface area (Å²) in [5.41, 5.74) is 5.90. The van der Waals surface area contributed by atoms with E-state index in [4.69, 9.17) is 10.9 Å². The van der Waals surface area contributed by atoms with Gasteiger partial charge in [-0.2, -0.15) is 11.8 Å². The predicted molar refractivity (Wildman–Crippen MR) is 77.3 cm³/mol. The largest absolute Gasteiger partial charge is 0.409 e. The predicted octanol–water partition coefficient (Wildman–Crippen LogP) is 2.17. The van der Waals surface area contributed by atoms with E-state index in [1.807, 2.05) is 11.8 Å². The molecule has 2 aliphatic carbocycles. The van der Waals surface area contributed by atoms with Crippen molar-refractivity contribution in [3.63, 3.8) is 0 Å². The zero-order chi connectivity index (χ0) is 13.0. The van der Waals surface area contributed by atoms with Crippen molar-refractivity contribution in [1.29, 1.82) is 0 Å². The SMILES string of the molecule is CSC1CCC(NCC2(CC(N)=NO)CC2)CC1. The van der Waals surface area contributed by atoms with Crippen LogP contribution < -0.4 is 11.1 Å². The number of amidine groups is 1. The Morgan fingerprint density at radius 3 is 2.56 bits per heavy atom. The molecule has 0 aliphatic heterocycles. The first-order valence-electron chi connectivity index (χ1n) is 6.90. The number of hydrogen-bond acceptors (Lipinski definition) is 4. The minimum Gasteiger partial charge on any atom is -0.409 e. The maximum absolute atomic E-state index is 8.64. The van der Waals surface area contributed by atoms with Gasteiger partial charge in [0.25, 0.3) is 0 Å². The fourth-order valence-electron chi connectivity index (χ4n) is 2.88. The van der Waals surface area contributed by atoms with E-state index in [0.717, 1.165) is 18.2 Å². The molecule has 0 aromatic carbocycles. The highest BCUT2D eigenvalue weighted by molar-refractivity contribution is 7.99. The Kier molecular flexibility index (Phi) is 4.78. The lowest BCUT2D eigenvalue weighted by molar-refractivity contribution is 0.311. The number of thioether (sulfide) groups is 1. The molecule has 4 nitrogen and oxygen atoms in total. The van der Waals surface area contributed by atoms with Crippen LogP contribution in [0.3, 0.4) is 0 Å². The van der Waals surface area contributed by atoms with Crippen molar-refractivity contribution in [2.45, 2.75) is 56.2 Å². The Bertz CT molecular complexity index is 297. The van der Waals surface area contributed by atoms with E-state index in [9.17, 15) is 0 Å². The summed E-state index contributed by atoms with van der Waals surface area (Å²) in [6.07, 6.45) is 10.6. The summed E-state index contributed by atoms with van der Waals surface area (Å²) in [5, 5.41) is 16.3. The number of oxime groups is 1. The summed E-state index contributed by atoms with van der Waals surface area (Å²) in [6.45, 7) is 1.03. The molecule has 4 N–H and O–H groups in total. The van der Waals surface area contributed by atoms with Crippen LogP contribution in [0.25, 0.3) is 0 Å². The Labute approximate surface area is 114 Å². The summed E-state index contributed by atoms with van der Waals surface area (Å²) in [4.78, 5) is 0. The summed E-state index contributed by atoms with van der Waals surface area (Å²) in [7, 11) is 0. The van der Waals surface area contributed by atoms with E-state index in [1.165, 1.54) is 38.5 Å². The highest BCUT2D eigenvalue weighted by Gasteiger charge is 2.43. The summed E-state index contributed by atoms with van der Waals surface area (Å²) < 4.78 is 0. The molecule has 0 heterocycles. The van der Waals surface area contributed by atoms with Crippen molar-refractivity contribution < 1.29 is 5.21 Å². The summed E-state index contributed by atoms with van der Waals surface area (Å²) >= 11 is 2.01. The fraction of sp³-hybridized carbons (Fsp3) is 0.923. The second-order valence-electron chi connectivity index (χ2n) is 5.86. The van der Waals surface area contributed by atoms with E-state index in [1.54, 1.807) is 0 Å². The first kappa shape index (κ1) is 14.0. The van der Waals surface area contributed by atoms with Gasteiger partial charge in [-0.1, -0.05) is 5.16 Å². The van der Waals surface area contributed by atoms with Crippen molar-refractivity contribution in [2.75, 3.05) is 12.8 Å². The van der Waals surface area contributed by atoms with Crippen LogP contribution in [0.1, 0.15) is 44.9 Å². The number of hydrogen-bond donors (Lipinski definition) is 3. The lowest BCUT2D eigenvalue weighted by Gasteiger charge is -2.29. The molecule has 0 bridgehead atoms. The van der Waals surface area contributed by atoms with Crippen LogP contribution in [0.4, 0.5) is 0 Å². The topological polar surface area (TPSA) is 70.6 Å². The van der Waals surface area contributed by atoms with Crippen LogP contribution in [0, 0.1) is 5.41 Å². The standard InChI is InChI=1S/C13H25N3OS/c1-18-11-4-2-10(3-5-11)15-9-13(6-7-13)8-12(14)16-17/h10-11,15,17H,2-9H2,1H3,(H2,14,16). The van der Waals surface area contributed by atoms with Gasteiger partial charge in [-0.25, -0.2) is 0 Å². The lowest BCUT2D eigenvalue weighted by atomic mass is 9.93. The van der Waals surface area contributed by atoms with Gasteiger partial charge in [0.1, 0.15) is 5.84 Å². The minimum atomic E-state index is 0.284. The molecule has 2 fully saturated rings. The van der Waals surface area contributed by atoms with E-state index >= 15 is 0 Å². The third kappa shape index (κ3) is 3.79. The molecule has 2 rings (SSSR count). The monoisotopic (exact) mass is 271 g/mol. The second kappa shape index (κ2) is 6.15. The smallest absolute Gasteiger partial charge is 0.139 e. The molecule has 0 aromatic heterocycles. The first-order chi connectivity index (χ1) is 8.67. The molecule has 0 atom stereocenters. The molecule has 2 aliphatic rings. The van der Waals surface area contributed by atoms with Crippen LogP contribution in [0.2, 0.25) is 0 Å². The summed E-state index contributed by atoms with van der Waals surface area (Å²) in [6, 6.07) is 0.679. The molecule has 2 saturated carbocycles. The third-order valence-corrected chi connectivity index (χ3v) is 5.55. The van der Waals surface area contributed by atoms with Crippen molar-refractivity contribution in [3.8, 4) is 0 Å². The van der Waals surface area contributed by atoms with Gasteiger partial charge in [0.15, 0.2) is 0 Å². The summed E-state index contributed by atoms with van der Waals surface area (Å²) in [5.74, 6) is 0.375. The maximum Gasteiger partial charge on any atom is 0.139 e. The van der Waals surface area contributed by atoms with Gasteiger partial charge in [0.05, 0.1) is 0 Å². The molecule has 0 unspecified atom stereocenters. The molecule has 0 radical (unpaired) electrons. The van der Waals surface area contributed by atoms with Gasteiger partial charge in [-0.3, -0.25) is 0 Å². The van der Waals surface area contributed by atoms with Crippen LogP contribution in [-0.4, -0.2) is 35.1 Å². The van der Waals surface area contributed by atoms with E-state index in [0.29, 0.717) is 11.9 Å². The zero-order valence-corrected chi connectivity index (χ0v) is 12.0. The van der Waals surface area contributed by atoms with Gasteiger partial charge in [0.2, 0.25) is 0 Å². The lowest BCUT2D eigenvalue weighted by Crippen LogP contribution is -2.38. The molecule has 5 heteroatoms. The van der Waals surface area contributed by atoms with Crippen LogP contribution in [-0.2, 0) is 0 Å². The van der Waals surface area contributed by atoms with Gasteiger partial charge in [0, 0.05) is 24.3 Å². The Hall–Kier alpha value is -0.420. The highest BCUT2D eigenvalue weighted by Crippen LogP contribution is 2.48. The molecule has 0 spiro atoms. The van der Waals surface area contributed by atoms with Gasteiger partial charge in [-0.15, -0.1) is 0 Å². The Morgan fingerprint density at radius 1 is 1.39 bits per heavy atom. The van der Waals surface area contributed by atoms with Gasteiger partial charge in [-0.05, 0) is 50.2 Å². The second-order valence-corrected chi connectivity index (χ2v) is 7.00. The van der Waals surface area contributed by atoms with E-state index in [-0.39, 0.29) is 5.41 Å². The van der Waals surface area contributed by atoms with E-state index in [2.05, 4.69) is 16.7 Å². The number of nitrogens with zero attached hydrogens (tertiary/aromatic N) is 1. The molecule has 0 saturated heterocycles. The van der Waals surface area contributed by atoms with Crippen molar-refractivity contribution in [3.05, 3.63) is 0 Å². The fourth-order valence-corrected chi connectivity index (χ4v) is 3.62. The molecule has 104 valence electrons. The van der Waals surface area contributed by atoms with E-state index < -0.39 is 0 Å². The first-order valence-corrected chi connectivity index (χ1v) is 8.19. The van der Waals surface area contributed by atoms with Crippen LogP contribution in [0.15, 0.2) is 5.16 Å². The molecule has 0 amide bonds. The molecule has 0 aromatic rings. The van der Waals surface area contributed by atoms with Crippen LogP contribution >= 0.6 is 11.8 Å². The quantitative estimate of drug-likeness (QED) is 0.300. The number of nitrogens with one attached hydrogen (secondary N) is 1. The third-order valence-electron chi connectivity index (χ3n) is 4.41.